The van der Waals surface area contributed by atoms with Crippen LogP contribution in [-0.4, -0.2) is 63.8 Å². The van der Waals surface area contributed by atoms with Crippen molar-refractivity contribution in [1.82, 2.24) is 4.72 Å². The maximum atomic E-state index is 12.0. The molecule has 1 saturated heterocycles. The van der Waals surface area contributed by atoms with Crippen LogP contribution in [0.5, 0.6) is 0 Å². The quantitative estimate of drug-likeness (QED) is 0.531. The molecule has 1 unspecified atom stereocenters. The summed E-state index contributed by atoms with van der Waals surface area (Å²) < 4.78 is 52.9. The van der Waals surface area contributed by atoms with E-state index >= 15 is 0 Å². The van der Waals surface area contributed by atoms with Crippen molar-refractivity contribution in [2.24, 2.45) is 0 Å². The molecule has 1 rings (SSSR count). The molecule has 11 heteroatoms. The lowest BCUT2D eigenvalue weighted by molar-refractivity contribution is -0.142. The minimum Gasteiger partial charge on any atom is -0.480 e. The van der Waals surface area contributed by atoms with E-state index in [0.717, 1.165) is 7.11 Å². The van der Waals surface area contributed by atoms with Gasteiger partial charge in [-0.3, -0.25) is 9.59 Å². The van der Waals surface area contributed by atoms with Crippen molar-refractivity contribution in [3.05, 3.63) is 0 Å². The van der Waals surface area contributed by atoms with E-state index in [0.29, 0.717) is 0 Å². The molecular weight excluding hydrogens is 326 g/mol. The molecule has 1 heterocycles. The Bertz CT molecular complexity index is 609. The topological polar surface area (TPSA) is 144 Å². The van der Waals surface area contributed by atoms with Crippen LogP contribution in [0.15, 0.2) is 0 Å². The van der Waals surface area contributed by atoms with Gasteiger partial charge in [0.05, 0.1) is 23.9 Å². The Kier molecular flexibility index (Phi) is 5.70. The zero-order chi connectivity index (χ0) is 16.3. The van der Waals surface area contributed by atoms with Gasteiger partial charge in [-0.15, -0.1) is 0 Å². The number of carboxylic acids is 1. The van der Waals surface area contributed by atoms with E-state index in [1.165, 1.54) is 0 Å². The number of nitrogens with one attached hydrogen (secondary N) is 1. The molecule has 2 N–H and O–H groups in total. The minimum absolute atomic E-state index is 0.0684. The minimum atomic E-state index is -4.09. The van der Waals surface area contributed by atoms with E-state index < -0.39 is 48.8 Å². The van der Waals surface area contributed by atoms with Crippen molar-refractivity contribution in [3.8, 4) is 0 Å². The smallest absolute Gasteiger partial charge is 0.321 e. The van der Waals surface area contributed by atoms with Crippen LogP contribution in [0.1, 0.15) is 19.3 Å². The summed E-state index contributed by atoms with van der Waals surface area (Å²) in [6, 6.07) is -1.50. The highest BCUT2D eigenvalue weighted by molar-refractivity contribution is 7.95. The lowest BCUT2D eigenvalue weighted by Crippen LogP contribution is -2.45. The molecule has 0 amide bonds. The van der Waals surface area contributed by atoms with Gasteiger partial charge in [0.2, 0.25) is 10.0 Å². The number of sulfone groups is 1. The number of esters is 1. The molecule has 122 valence electrons. The van der Waals surface area contributed by atoms with Crippen LogP contribution >= 0.6 is 0 Å². The van der Waals surface area contributed by atoms with Gasteiger partial charge >= 0.3 is 11.9 Å². The Morgan fingerprint density at radius 3 is 2.48 bits per heavy atom. The van der Waals surface area contributed by atoms with Gasteiger partial charge in [-0.25, -0.2) is 21.6 Å². The first-order chi connectivity index (χ1) is 9.57. The fraction of sp³-hybridized carbons (Fsp3) is 0.800. The van der Waals surface area contributed by atoms with Gasteiger partial charge in [-0.2, -0.15) is 0 Å². The first-order valence-electron chi connectivity index (χ1n) is 6.08. The molecule has 0 saturated carbocycles. The SMILES string of the molecule is COC(=O)CC[C@@H](NS(=O)(=O)C1CCS(=O)(=O)C1)C(=O)O. The van der Waals surface area contributed by atoms with Crippen molar-refractivity contribution in [3.63, 3.8) is 0 Å². The van der Waals surface area contributed by atoms with E-state index in [9.17, 15) is 26.4 Å². The van der Waals surface area contributed by atoms with Gasteiger partial charge < -0.3 is 9.84 Å². The summed E-state index contributed by atoms with van der Waals surface area (Å²) in [5.74, 6) is -2.86. The number of carbonyl (C=O) groups excluding carboxylic acids is 1. The Hall–Kier alpha value is -1.20. The molecule has 0 aromatic heterocycles. The second-order valence-electron chi connectivity index (χ2n) is 4.69. The Labute approximate surface area is 122 Å². The van der Waals surface area contributed by atoms with Crippen molar-refractivity contribution < 1.29 is 36.3 Å². The van der Waals surface area contributed by atoms with Crippen LogP contribution in [0.2, 0.25) is 0 Å². The number of carbonyl (C=O) groups is 2. The van der Waals surface area contributed by atoms with Crippen LogP contribution < -0.4 is 4.72 Å². The first-order valence-corrected chi connectivity index (χ1v) is 9.45. The number of hydrogen-bond donors (Lipinski definition) is 2. The molecular formula is C10H17NO8S2. The molecule has 1 aliphatic heterocycles. The zero-order valence-electron chi connectivity index (χ0n) is 11.3. The van der Waals surface area contributed by atoms with Crippen LogP contribution in [0, 0.1) is 0 Å². The summed E-state index contributed by atoms with van der Waals surface area (Å²) in [6.45, 7) is 0. The van der Waals surface area contributed by atoms with Gasteiger partial charge in [0.25, 0.3) is 0 Å². The molecule has 21 heavy (non-hydrogen) atoms. The largest absolute Gasteiger partial charge is 0.480 e. The van der Waals surface area contributed by atoms with Crippen LogP contribution in [0.4, 0.5) is 0 Å². The molecule has 1 aliphatic rings. The van der Waals surface area contributed by atoms with E-state index in [1.54, 1.807) is 0 Å². The Balaban J connectivity index is 2.74. The third kappa shape index (κ3) is 5.25. The fourth-order valence-corrected chi connectivity index (χ4v) is 6.16. The second kappa shape index (κ2) is 6.71. The number of rotatable bonds is 7. The van der Waals surface area contributed by atoms with Gasteiger partial charge in [0.1, 0.15) is 6.04 Å². The lowest BCUT2D eigenvalue weighted by atomic mass is 10.2. The average Bonchev–Trinajstić information content (AvgIpc) is 2.74. The monoisotopic (exact) mass is 343 g/mol. The lowest BCUT2D eigenvalue weighted by Gasteiger charge is -2.17. The highest BCUT2D eigenvalue weighted by Gasteiger charge is 2.39. The third-order valence-corrected chi connectivity index (χ3v) is 6.97. The normalized spacial score (nSPS) is 22.6. The van der Waals surface area contributed by atoms with Crippen molar-refractivity contribution in [1.29, 1.82) is 0 Å². The Morgan fingerprint density at radius 2 is 2.05 bits per heavy atom. The summed E-state index contributed by atoms with van der Waals surface area (Å²) in [6.07, 6.45) is -0.610. The summed E-state index contributed by atoms with van der Waals surface area (Å²) >= 11 is 0. The van der Waals surface area contributed by atoms with Crippen molar-refractivity contribution in [2.75, 3.05) is 18.6 Å². The summed E-state index contributed by atoms with van der Waals surface area (Å²) in [7, 11) is -6.37. The molecule has 0 aliphatic carbocycles. The second-order valence-corrected chi connectivity index (χ2v) is 8.91. The first kappa shape index (κ1) is 17.9. The van der Waals surface area contributed by atoms with Crippen molar-refractivity contribution in [2.45, 2.75) is 30.6 Å². The number of sulfonamides is 1. The molecule has 0 bridgehead atoms. The number of ether oxygens (including phenoxy) is 1. The molecule has 0 aromatic rings. The molecule has 1 fully saturated rings. The number of carboxylic acid groups (broad SMARTS) is 1. The number of methoxy groups -OCH3 is 1. The predicted molar refractivity (Wildman–Crippen MR) is 71.8 cm³/mol. The van der Waals surface area contributed by atoms with Crippen molar-refractivity contribution >= 4 is 31.8 Å². The van der Waals surface area contributed by atoms with E-state index in [2.05, 4.69) is 4.74 Å². The average molecular weight is 343 g/mol. The summed E-state index contributed by atoms with van der Waals surface area (Å²) in [5, 5.41) is 7.81. The predicted octanol–water partition coefficient (Wildman–Crippen LogP) is -1.50. The van der Waals surface area contributed by atoms with Crippen LogP contribution in [-0.2, 0) is 34.2 Å². The van der Waals surface area contributed by atoms with Gasteiger partial charge in [-0.1, -0.05) is 0 Å². The zero-order valence-corrected chi connectivity index (χ0v) is 12.9. The molecule has 0 spiro atoms. The van der Waals surface area contributed by atoms with Gasteiger partial charge in [0, 0.05) is 6.42 Å². The highest BCUT2D eigenvalue weighted by Crippen LogP contribution is 2.19. The number of hydrogen-bond acceptors (Lipinski definition) is 7. The number of aliphatic carboxylic acids is 1. The van der Waals surface area contributed by atoms with E-state index in [-0.39, 0.29) is 25.0 Å². The summed E-state index contributed by atoms with van der Waals surface area (Å²) in [5.41, 5.74) is 0. The maximum absolute atomic E-state index is 12.0. The standard InChI is InChI=1S/C10H17NO8S2/c1-19-9(12)3-2-8(10(13)14)11-21(17,18)7-4-5-20(15,16)6-7/h7-8,11H,2-6H2,1H3,(H,13,14)/t7?,8-/m1/s1. The molecule has 9 nitrogen and oxygen atoms in total. The maximum Gasteiger partial charge on any atom is 0.321 e. The third-order valence-electron chi connectivity index (χ3n) is 3.10. The van der Waals surface area contributed by atoms with Crippen LogP contribution in [0.3, 0.4) is 0 Å². The molecule has 0 aromatic carbocycles. The van der Waals surface area contributed by atoms with Crippen LogP contribution in [0.25, 0.3) is 0 Å². The Morgan fingerprint density at radius 1 is 1.43 bits per heavy atom. The van der Waals surface area contributed by atoms with Gasteiger partial charge in [-0.05, 0) is 12.8 Å². The highest BCUT2D eigenvalue weighted by atomic mass is 32.2. The van der Waals surface area contributed by atoms with E-state index in [1.807, 2.05) is 4.72 Å². The molecule has 0 radical (unpaired) electrons. The van der Waals surface area contributed by atoms with Gasteiger partial charge in [0.15, 0.2) is 9.84 Å². The fourth-order valence-electron chi connectivity index (χ4n) is 1.90. The summed E-state index contributed by atoms with van der Waals surface area (Å²) in [4.78, 5) is 22.0. The molecule has 2 atom stereocenters. The van der Waals surface area contributed by atoms with E-state index in [4.69, 9.17) is 5.11 Å².